The highest BCUT2D eigenvalue weighted by Crippen LogP contribution is 2.31. The first-order valence-electron chi connectivity index (χ1n) is 10.2. The third-order valence-corrected chi connectivity index (χ3v) is 6.54. The van der Waals surface area contributed by atoms with Crippen molar-refractivity contribution in [3.63, 3.8) is 0 Å². The average Bonchev–Trinajstić information content (AvgIpc) is 3.13. The lowest BCUT2D eigenvalue weighted by Crippen LogP contribution is -2.61. The highest BCUT2D eigenvalue weighted by atomic mass is 35.5. The maximum absolute atomic E-state index is 12.9. The number of aromatic nitrogens is 2. The van der Waals surface area contributed by atoms with Gasteiger partial charge in [-0.2, -0.15) is 5.10 Å². The zero-order valence-corrected chi connectivity index (χ0v) is 17.2. The van der Waals surface area contributed by atoms with E-state index in [4.69, 9.17) is 0 Å². The number of likely N-dealkylation sites (tertiary alicyclic amines) is 2. The Kier molecular flexibility index (Phi) is 6.78. The number of nitrogens with zero attached hydrogens (tertiary/aromatic N) is 3. The Bertz CT molecular complexity index is 634. The van der Waals surface area contributed by atoms with Gasteiger partial charge in [0.1, 0.15) is 0 Å². The van der Waals surface area contributed by atoms with Gasteiger partial charge in [-0.25, -0.2) is 0 Å². The van der Waals surface area contributed by atoms with Gasteiger partial charge in [-0.3, -0.25) is 14.8 Å². The van der Waals surface area contributed by atoms with Gasteiger partial charge in [-0.1, -0.05) is 6.42 Å². The number of rotatable bonds is 4. The molecule has 0 aromatic carbocycles. The molecule has 0 aliphatic carbocycles. The van der Waals surface area contributed by atoms with Crippen LogP contribution in [-0.4, -0.2) is 77.8 Å². The van der Waals surface area contributed by atoms with Crippen molar-refractivity contribution in [1.29, 1.82) is 0 Å². The van der Waals surface area contributed by atoms with E-state index in [1.165, 1.54) is 32.4 Å². The zero-order valence-electron chi connectivity index (χ0n) is 16.4. The summed E-state index contributed by atoms with van der Waals surface area (Å²) in [6.45, 7) is 6.96. The lowest BCUT2D eigenvalue weighted by molar-refractivity contribution is 0.0144. The standard InChI is InChI=1S/C19H32N6O.ClH/c1-24-11-6-19(7-12-24,25-9-3-2-4-10-25)14-21-18(26)17-15-13-20-8-5-16(15)22-23-17;/h20H,2-14H2,1H3,(H,21,26)(H,22,23);1H. The molecule has 4 rings (SSSR count). The highest BCUT2D eigenvalue weighted by Gasteiger charge is 2.40. The van der Waals surface area contributed by atoms with Crippen LogP contribution in [-0.2, 0) is 13.0 Å². The lowest BCUT2D eigenvalue weighted by Gasteiger charge is -2.50. The smallest absolute Gasteiger partial charge is 0.272 e. The van der Waals surface area contributed by atoms with Crippen LogP contribution in [0.5, 0.6) is 0 Å². The van der Waals surface area contributed by atoms with Crippen LogP contribution in [0.3, 0.4) is 0 Å². The number of amides is 1. The maximum atomic E-state index is 12.9. The Balaban J connectivity index is 0.00000210. The molecule has 3 aliphatic rings. The third kappa shape index (κ3) is 4.31. The topological polar surface area (TPSA) is 76.3 Å². The molecule has 3 N–H and O–H groups in total. The number of fused-ring (bicyclic) bond motifs is 1. The fourth-order valence-corrected chi connectivity index (χ4v) is 4.75. The minimum Gasteiger partial charge on any atom is -0.349 e. The van der Waals surface area contributed by atoms with Gasteiger partial charge in [0.15, 0.2) is 5.69 Å². The van der Waals surface area contributed by atoms with E-state index in [0.29, 0.717) is 5.69 Å². The van der Waals surface area contributed by atoms with Crippen LogP contribution in [0.25, 0.3) is 0 Å². The number of halogens is 1. The monoisotopic (exact) mass is 396 g/mol. The normalized spacial score (nSPS) is 23.3. The first kappa shape index (κ1) is 20.6. The van der Waals surface area contributed by atoms with E-state index in [2.05, 4.69) is 37.7 Å². The highest BCUT2D eigenvalue weighted by molar-refractivity contribution is 5.94. The van der Waals surface area contributed by atoms with Gasteiger partial charge >= 0.3 is 0 Å². The number of carbonyl (C=O) groups excluding carboxylic acids is 1. The van der Waals surface area contributed by atoms with Gasteiger partial charge < -0.3 is 15.5 Å². The number of carbonyl (C=O) groups is 1. The van der Waals surface area contributed by atoms with Crippen molar-refractivity contribution in [3.05, 3.63) is 17.0 Å². The minimum absolute atomic E-state index is 0. The minimum atomic E-state index is -0.0264. The molecule has 0 bridgehead atoms. The molecule has 1 aromatic heterocycles. The average molecular weight is 397 g/mol. The van der Waals surface area contributed by atoms with Gasteiger partial charge in [0.05, 0.1) is 0 Å². The van der Waals surface area contributed by atoms with Crippen LogP contribution in [0.2, 0.25) is 0 Å². The van der Waals surface area contributed by atoms with Gasteiger partial charge in [-0.15, -0.1) is 12.4 Å². The fraction of sp³-hybridized carbons (Fsp3) is 0.789. The Morgan fingerprint density at radius 3 is 2.67 bits per heavy atom. The molecule has 2 saturated heterocycles. The van der Waals surface area contributed by atoms with E-state index in [0.717, 1.165) is 63.2 Å². The zero-order chi connectivity index (χ0) is 18.0. The van der Waals surface area contributed by atoms with Gasteiger partial charge in [0.25, 0.3) is 5.91 Å². The van der Waals surface area contributed by atoms with Gasteiger partial charge in [0, 0.05) is 42.9 Å². The number of hydrogen-bond acceptors (Lipinski definition) is 5. The molecule has 4 heterocycles. The molecule has 0 radical (unpaired) electrons. The number of H-pyrrole nitrogens is 1. The SMILES string of the molecule is CN1CCC(CNC(=O)c2n[nH]c3c2CNCC3)(N2CCCCC2)CC1.Cl. The van der Waals surface area contributed by atoms with Crippen molar-refractivity contribution in [2.24, 2.45) is 0 Å². The first-order chi connectivity index (χ1) is 12.7. The molecule has 0 spiro atoms. The maximum Gasteiger partial charge on any atom is 0.272 e. The second kappa shape index (κ2) is 8.90. The quantitative estimate of drug-likeness (QED) is 0.712. The van der Waals surface area contributed by atoms with Crippen molar-refractivity contribution in [3.8, 4) is 0 Å². The molecule has 3 aliphatic heterocycles. The molecular weight excluding hydrogens is 364 g/mol. The van der Waals surface area contributed by atoms with E-state index in [1.807, 2.05) is 0 Å². The predicted molar refractivity (Wildman–Crippen MR) is 108 cm³/mol. The predicted octanol–water partition coefficient (Wildman–Crippen LogP) is 1.16. The van der Waals surface area contributed by atoms with Crippen LogP contribution in [0.4, 0.5) is 0 Å². The van der Waals surface area contributed by atoms with E-state index in [9.17, 15) is 4.79 Å². The largest absolute Gasteiger partial charge is 0.349 e. The van der Waals surface area contributed by atoms with Crippen molar-refractivity contribution < 1.29 is 4.79 Å². The second-order valence-corrected chi connectivity index (χ2v) is 8.21. The summed E-state index contributed by atoms with van der Waals surface area (Å²) in [7, 11) is 2.20. The van der Waals surface area contributed by atoms with Crippen molar-refractivity contribution in [2.45, 2.75) is 50.6 Å². The van der Waals surface area contributed by atoms with Gasteiger partial charge in [-0.05, 0) is 58.9 Å². The fourth-order valence-electron chi connectivity index (χ4n) is 4.75. The summed E-state index contributed by atoms with van der Waals surface area (Å²) >= 11 is 0. The van der Waals surface area contributed by atoms with Gasteiger partial charge in [0.2, 0.25) is 0 Å². The van der Waals surface area contributed by atoms with Crippen LogP contribution in [0.15, 0.2) is 0 Å². The Morgan fingerprint density at radius 2 is 1.93 bits per heavy atom. The Hall–Kier alpha value is -1.15. The number of piperidine rings is 2. The van der Waals surface area contributed by atoms with Crippen molar-refractivity contribution in [1.82, 2.24) is 30.6 Å². The molecule has 2 fully saturated rings. The molecule has 152 valence electrons. The third-order valence-electron chi connectivity index (χ3n) is 6.54. The molecule has 8 heteroatoms. The second-order valence-electron chi connectivity index (χ2n) is 8.21. The molecule has 1 amide bonds. The van der Waals surface area contributed by atoms with Crippen molar-refractivity contribution >= 4 is 18.3 Å². The molecule has 0 unspecified atom stereocenters. The molecule has 0 atom stereocenters. The Labute approximate surface area is 168 Å². The van der Waals surface area contributed by atoms with Crippen molar-refractivity contribution in [2.75, 3.05) is 46.3 Å². The molecular formula is C19H33ClN6O. The summed E-state index contributed by atoms with van der Waals surface area (Å²) in [5.41, 5.74) is 2.84. The summed E-state index contributed by atoms with van der Waals surface area (Å²) < 4.78 is 0. The summed E-state index contributed by atoms with van der Waals surface area (Å²) in [5.74, 6) is -0.0264. The molecule has 1 aromatic rings. The summed E-state index contributed by atoms with van der Waals surface area (Å²) in [4.78, 5) is 17.9. The number of nitrogens with one attached hydrogen (secondary N) is 3. The van der Waals surface area contributed by atoms with E-state index in [-0.39, 0.29) is 23.9 Å². The summed E-state index contributed by atoms with van der Waals surface area (Å²) in [5, 5.41) is 14.0. The first-order valence-corrected chi connectivity index (χ1v) is 10.2. The van der Waals surface area contributed by atoms with E-state index in [1.54, 1.807) is 0 Å². The van der Waals surface area contributed by atoms with E-state index >= 15 is 0 Å². The Morgan fingerprint density at radius 1 is 1.19 bits per heavy atom. The number of hydrogen-bond donors (Lipinski definition) is 3. The van der Waals surface area contributed by atoms with Crippen LogP contribution in [0, 0.1) is 0 Å². The molecule has 27 heavy (non-hydrogen) atoms. The molecule has 0 saturated carbocycles. The summed E-state index contributed by atoms with van der Waals surface area (Å²) in [6.07, 6.45) is 7.08. The summed E-state index contributed by atoms with van der Waals surface area (Å²) in [6, 6.07) is 0. The molecule has 7 nitrogen and oxygen atoms in total. The number of aromatic amines is 1. The van der Waals surface area contributed by atoms with Crippen LogP contribution >= 0.6 is 12.4 Å². The van der Waals surface area contributed by atoms with E-state index < -0.39 is 0 Å². The van der Waals surface area contributed by atoms with Crippen LogP contribution < -0.4 is 10.6 Å². The lowest BCUT2D eigenvalue weighted by atomic mass is 9.84. The van der Waals surface area contributed by atoms with Crippen LogP contribution in [0.1, 0.15) is 53.8 Å².